The monoisotopic (exact) mass is 499 g/mol. The van der Waals surface area contributed by atoms with Crippen molar-refractivity contribution in [3.63, 3.8) is 0 Å². The molecule has 0 amide bonds. The van der Waals surface area contributed by atoms with E-state index in [1.807, 2.05) is 70.3 Å². The van der Waals surface area contributed by atoms with Crippen molar-refractivity contribution in [2.45, 2.75) is 20.0 Å². The van der Waals surface area contributed by atoms with Gasteiger partial charge in [0.1, 0.15) is 0 Å². The van der Waals surface area contributed by atoms with E-state index in [1.54, 1.807) is 19.1 Å². The zero-order valence-corrected chi connectivity index (χ0v) is 21.1. The highest BCUT2D eigenvalue weighted by molar-refractivity contribution is 6.36. The van der Waals surface area contributed by atoms with Crippen LogP contribution < -0.4 is 5.01 Å². The molecular weight excluding hydrogens is 474 g/mol. The van der Waals surface area contributed by atoms with Crippen LogP contribution in [0.1, 0.15) is 24.2 Å². The van der Waals surface area contributed by atoms with Gasteiger partial charge in [-0.2, -0.15) is 5.10 Å². The number of nitrogens with zero attached hydrogens (tertiary/aromatic N) is 5. The summed E-state index contributed by atoms with van der Waals surface area (Å²) in [5.41, 5.74) is 5.55. The molecule has 0 spiro atoms. The molecule has 0 aliphatic carbocycles. The van der Waals surface area contributed by atoms with Gasteiger partial charge in [0.15, 0.2) is 6.17 Å². The van der Waals surface area contributed by atoms with Crippen LogP contribution >= 0.6 is 11.6 Å². The van der Waals surface area contributed by atoms with E-state index in [4.69, 9.17) is 26.5 Å². The van der Waals surface area contributed by atoms with Crippen LogP contribution in [0.4, 0.5) is 5.69 Å². The van der Waals surface area contributed by atoms with E-state index in [0.717, 1.165) is 33.8 Å². The van der Waals surface area contributed by atoms with Gasteiger partial charge in [0, 0.05) is 29.4 Å². The molecule has 182 valence electrons. The Morgan fingerprint density at radius 3 is 2.33 bits per heavy atom. The topological polar surface area (TPSA) is 63.0 Å². The highest BCUT2D eigenvalue weighted by atomic mass is 35.5. The summed E-state index contributed by atoms with van der Waals surface area (Å²) in [6, 6.07) is 25.6. The summed E-state index contributed by atoms with van der Waals surface area (Å²) >= 11 is 6.16. The number of benzene rings is 3. The van der Waals surface area contributed by atoms with Crippen molar-refractivity contribution in [3.05, 3.63) is 101 Å². The lowest BCUT2D eigenvalue weighted by atomic mass is 10.0. The Hall–Kier alpha value is -4.10. The predicted molar refractivity (Wildman–Crippen MR) is 142 cm³/mol. The number of amidine groups is 1. The van der Waals surface area contributed by atoms with Crippen LogP contribution in [-0.2, 0) is 9.53 Å². The fourth-order valence-electron chi connectivity index (χ4n) is 4.25. The van der Waals surface area contributed by atoms with Crippen LogP contribution in [0.2, 0.25) is 5.02 Å². The number of aryl methyl sites for hydroxylation is 1. The van der Waals surface area contributed by atoms with Gasteiger partial charge in [-0.25, -0.2) is 14.5 Å². The van der Waals surface area contributed by atoms with Crippen molar-refractivity contribution >= 4 is 29.1 Å². The molecule has 2 heterocycles. The van der Waals surface area contributed by atoms with E-state index in [2.05, 4.69) is 31.2 Å². The number of hydrogen-bond acceptors (Lipinski definition) is 6. The molecule has 0 fully saturated rings. The van der Waals surface area contributed by atoms with Crippen LogP contribution in [0, 0.1) is 6.92 Å². The van der Waals surface area contributed by atoms with Crippen molar-refractivity contribution in [3.8, 4) is 16.9 Å². The molecule has 7 nitrogen and oxygen atoms in total. The second-order valence-electron chi connectivity index (χ2n) is 8.53. The molecule has 8 heteroatoms. The van der Waals surface area contributed by atoms with Gasteiger partial charge in [0.25, 0.3) is 0 Å². The van der Waals surface area contributed by atoms with Crippen molar-refractivity contribution in [1.82, 2.24) is 14.7 Å². The summed E-state index contributed by atoms with van der Waals surface area (Å²) in [6.07, 6.45) is 1.55. The number of carbonyl (C=O) groups is 1. The maximum Gasteiger partial charge on any atom is 0.376 e. The Bertz CT molecular complexity index is 1400. The lowest BCUT2D eigenvalue weighted by Gasteiger charge is -2.29. The zero-order chi connectivity index (χ0) is 25.2. The second kappa shape index (κ2) is 9.87. The van der Waals surface area contributed by atoms with Gasteiger partial charge in [-0.3, -0.25) is 0 Å². The quantitative estimate of drug-likeness (QED) is 0.312. The third-order valence-electron chi connectivity index (χ3n) is 6.05. The standard InChI is InChI=1S/C28H26ClN5O2/c1-4-36-28(35)26-31-34(23-16-14-21(29)15-17-23)27(32(26)3)24-18-33(22-8-6-5-7-9-22)30-25(24)20-12-10-19(2)11-13-20/h5-18,27H,4H2,1-3H3. The van der Waals surface area contributed by atoms with E-state index < -0.39 is 12.1 Å². The molecule has 4 aromatic rings. The molecule has 3 aromatic carbocycles. The Labute approximate surface area is 215 Å². The maximum atomic E-state index is 12.8. The molecule has 36 heavy (non-hydrogen) atoms. The summed E-state index contributed by atoms with van der Waals surface area (Å²) in [6.45, 7) is 4.10. The smallest absolute Gasteiger partial charge is 0.376 e. The summed E-state index contributed by atoms with van der Waals surface area (Å²) in [5, 5.41) is 12.1. The van der Waals surface area contributed by atoms with E-state index in [-0.39, 0.29) is 12.4 Å². The molecule has 1 aliphatic heterocycles. The summed E-state index contributed by atoms with van der Waals surface area (Å²) < 4.78 is 7.17. The first kappa shape index (κ1) is 23.6. The fraction of sp³-hybridized carbons (Fsp3) is 0.179. The number of likely N-dealkylation sites (N-methyl/N-ethyl adjacent to an activating group) is 1. The molecule has 0 saturated carbocycles. The number of para-hydroxylation sites is 1. The van der Waals surface area contributed by atoms with E-state index >= 15 is 0 Å². The van der Waals surface area contributed by atoms with Crippen molar-refractivity contribution in [2.75, 3.05) is 18.7 Å². The SMILES string of the molecule is CCOC(=O)C1=NN(c2ccc(Cl)cc2)C(c2cn(-c3ccccc3)nc2-c2ccc(C)cc2)N1C. The minimum Gasteiger partial charge on any atom is -0.460 e. The van der Waals surface area contributed by atoms with Crippen LogP contribution in [0.25, 0.3) is 16.9 Å². The highest BCUT2D eigenvalue weighted by Gasteiger charge is 2.40. The first-order chi connectivity index (χ1) is 17.5. The highest BCUT2D eigenvalue weighted by Crippen LogP contribution is 2.39. The summed E-state index contributed by atoms with van der Waals surface area (Å²) in [7, 11) is 1.84. The molecule has 1 aliphatic rings. The number of halogens is 1. The molecule has 0 N–H and O–H groups in total. The maximum absolute atomic E-state index is 12.8. The summed E-state index contributed by atoms with van der Waals surface area (Å²) in [4.78, 5) is 14.6. The molecule has 5 rings (SSSR count). The van der Waals surface area contributed by atoms with Gasteiger partial charge in [-0.05, 0) is 50.2 Å². The van der Waals surface area contributed by atoms with Gasteiger partial charge in [0.2, 0.25) is 5.84 Å². The molecular formula is C28H26ClN5O2. The molecule has 1 unspecified atom stereocenters. The second-order valence-corrected chi connectivity index (χ2v) is 8.97. The molecule has 0 saturated heterocycles. The molecule has 1 atom stereocenters. The van der Waals surface area contributed by atoms with Crippen LogP contribution in [0.15, 0.2) is 90.2 Å². The van der Waals surface area contributed by atoms with Crippen molar-refractivity contribution in [1.29, 1.82) is 0 Å². The lowest BCUT2D eigenvalue weighted by Crippen LogP contribution is -2.36. The van der Waals surface area contributed by atoms with Crippen molar-refractivity contribution < 1.29 is 9.53 Å². The van der Waals surface area contributed by atoms with Gasteiger partial charge < -0.3 is 9.64 Å². The van der Waals surface area contributed by atoms with Crippen LogP contribution in [0.5, 0.6) is 0 Å². The number of rotatable bonds is 6. The Kier molecular flexibility index (Phi) is 6.48. The number of esters is 1. The van der Waals surface area contributed by atoms with Gasteiger partial charge in [-0.15, -0.1) is 5.10 Å². The molecule has 1 aromatic heterocycles. The minimum absolute atomic E-state index is 0.221. The minimum atomic E-state index is -0.478. The Balaban J connectivity index is 1.68. The number of anilines is 1. The zero-order valence-electron chi connectivity index (χ0n) is 20.3. The van der Waals surface area contributed by atoms with Gasteiger partial charge in [0.05, 0.1) is 23.7 Å². The normalized spacial score (nSPS) is 15.2. The average molecular weight is 500 g/mol. The average Bonchev–Trinajstić information content (AvgIpc) is 3.47. The first-order valence-electron chi connectivity index (χ1n) is 11.7. The van der Waals surface area contributed by atoms with Gasteiger partial charge >= 0.3 is 5.97 Å². The number of aromatic nitrogens is 2. The van der Waals surface area contributed by atoms with Crippen molar-refractivity contribution in [2.24, 2.45) is 5.10 Å². The number of ether oxygens (including phenoxy) is 1. The molecule has 0 radical (unpaired) electrons. The van der Waals surface area contributed by atoms with Gasteiger partial charge in [-0.1, -0.05) is 59.6 Å². The van der Waals surface area contributed by atoms with E-state index in [9.17, 15) is 4.79 Å². The number of hydrogen-bond donors (Lipinski definition) is 0. The third-order valence-corrected chi connectivity index (χ3v) is 6.30. The summed E-state index contributed by atoms with van der Waals surface area (Å²) in [5.74, 6) is -0.257. The first-order valence-corrected chi connectivity index (χ1v) is 12.1. The number of carbonyl (C=O) groups excluding carboxylic acids is 1. The number of hydrazone groups is 1. The van der Waals surface area contributed by atoms with E-state index in [0.29, 0.717) is 5.02 Å². The third kappa shape index (κ3) is 4.45. The molecule has 0 bridgehead atoms. The van der Waals surface area contributed by atoms with Crippen LogP contribution in [0.3, 0.4) is 0 Å². The fourth-order valence-corrected chi connectivity index (χ4v) is 4.37. The Morgan fingerprint density at radius 2 is 1.67 bits per heavy atom. The van der Waals surface area contributed by atoms with E-state index in [1.165, 1.54) is 0 Å². The Morgan fingerprint density at radius 1 is 0.972 bits per heavy atom. The largest absolute Gasteiger partial charge is 0.460 e. The van der Waals surface area contributed by atoms with Crippen LogP contribution in [-0.4, -0.2) is 40.1 Å². The lowest BCUT2D eigenvalue weighted by molar-refractivity contribution is -0.135. The predicted octanol–water partition coefficient (Wildman–Crippen LogP) is 5.83.